The van der Waals surface area contributed by atoms with Crippen molar-refractivity contribution in [3.63, 3.8) is 0 Å². The number of benzene rings is 2. The first-order chi connectivity index (χ1) is 12.5. The van der Waals surface area contributed by atoms with Crippen molar-refractivity contribution < 1.29 is 9.90 Å². The molecule has 1 aromatic heterocycles. The molecule has 0 bridgehead atoms. The van der Waals surface area contributed by atoms with Crippen LogP contribution in [0.1, 0.15) is 31.2 Å². The first-order valence-electron chi connectivity index (χ1n) is 8.45. The standard InChI is InChI=1S/C15H16O2S.C7H8S/c1-10-7-12(8-11(2)15(10)17)3-4-13-5-6-14(9-16)18-13;1-8-7-5-3-2-4-6-7/h5-9,17H,3-4H2,1-2H3;2-6H,1H3. The SMILES string of the molecule is CSc1ccccc1.Cc1cc(CCc2ccc(C=O)s2)cc(C)c1O. The smallest absolute Gasteiger partial charge is 0.160 e. The van der Waals surface area contributed by atoms with Crippen molar-refractivity contribution in [2.24, 2.45) is 0 Å². The minimum absolute atomic E-state index is 0.387. The van der Waals surface area contributed by atoms with Gasteiger partial charge in [-0.15, -0.1) is 23.1 Å². The number of aryl methyl sites for hydroxylation is 4. The number of aldehydes is 1. The first-order valence-corrected chi connectivity index (χ1v) is 10.5. The summed E-state index contributed by atoms with van der Waals surface area (Å²) in [6.45, 7) is 3.84. The van der Waals surface area contributed by atoms with Crippen LogP contribution in [0, 0.1) is 13.8 Å². The maximum Gasteiger partial charge on any atom is 0.160 e. The lowest BCUT2D eigenvalue weighted by molar-refractivity contribution is 0.112. The van der Waals surface area contributed by atoms with Crippen molar-refractivity contribution in [3.8, 4) is 5.75 Å². The Kier molecular flexibility index (Phi) is 7.95. The van der Waals surface area contributed by atoms with Crippen LogP contribution in [0.2, 0.25) is 0 Å². The van der Waals surface area contributed by atoms with Crippen LogP contribution in [0.15, 0.2) is 59.5 Å². The summed E-state index contributed by atoms with van der Waals surface area (Å²) in [6, 6.07) is 18.2. The zero-order chi connectivity index (χ0) is 18.9. The van der Waals surface area contributed by atoms with Gasteiger partial charge in [-0.25, -0.2) is 0 Å². The lowest BCUT2D eigenvalue weighted by atomic mass is 10.0. The maximum atomic E-state index is 10.6. The molecule has 0 aliphatic rings. The number of carbonyl (C=O) groups excluding carboxylic acids is 1. The van der Waals surface area contributed by atoms with Crippen molar-refractivity contribution in [2.75, 3.05) is 6.26 Å². The number of thioether (sulfide) groups is 1. The predicted molar refractivity (Wildman–Crippen MR) is 113 cm³/mol. The quantitative estimate of drug-likeness (QED) is 0.428. The molecule has 0 atom stereocenters. The molecule has 0 saturated carbocycles. The van der Waals surface area contributed by atoms with E-state index >= 15 is 0 Å². The van der Waals surface area contributed by atoms with Gasteiger partial charge in [0.05, 0.1) is 4.88 Å². The fourth-order valence-electron chi connectivity index (χ4n) is 2.61. The number of phenolic OH excluding ortho intramolecular Hbond substituents is 1. The zero-order valence-corrected chi connectivity index (χ0v) is 17.0. The van der Waals surface area contributed by atoms with Gasteiger partial charge >= 0.3 is 0 Å². The molecule has 26 heavy (non-hydrogen) atoms. The number of carbonyl (C=O) groups is 1. The second kappa shape index (κ2) is 10.2. The lowest BCUT2D eigenvalue weighted by Crippen LogP contribution is -1.92. The summed E-state index contributed by atoms with van der Waals surface area (Å²) in [5, 5.41) is 9.71. The van der Waals surface area contributed by atoms with Gasteiger partial charge in [0.1, 0.15) is 5.75 Å². The van der Waals surface area contributed by atoms with Gasteiger partial charge in [0, 0.05) is 9.77 Å². The van der Waals surface area contributed by atoms with Crippen LogP contribution in [0.4, 0.5) is 0 Å². The molecule has 1 heterocycles. The molecule has 2 aromatic carbocycles. The maximum absolute atomic E-state index is 10.6. The van der Waals surface area contributed by atoms with E-state index in [1.54, 1.807) is 23.1 Å². The van der Waals surface area contributed by atoms with E-state index in [1.807, 2.05) is 56.3 Å². The molecule has 3 aromatic rings. The van der Waals surface area contributed by atoms with Gasteiger partial charge < -0.3 is 5.11 Å². The summed E-state index contributed by atoms with van der Waals surface area (Å²) in [5.41, 5.74) is 3.07. The van der Waals surface area contributed by atoms with Crippen LogP contribution in [-0.2, 0) is 12.8 Å². The van der Waals surface area contributed by atoms with Gasteiger partial charge in [-0.3, -0.25) is 4.79 Å². The van der Waals surface area contributed by atoms with Crippen molar-refractivity contribution >= 4 is 29.4 Å². The Hall–Kier alpha value is -2.04. The highest BCUT2D eigenvalue weighted by atomic mass is 32.2. The van der Waals surface area contributed by atoms with Gasteiger partial charge in [0.25, 0.3) is 0 Å². The largest absolute Gasteiger partial charge is 0.507 e. The Morgan fingerprint density at radius 3 is 2.15 bits per heavy atom. The van der Waals surface area contributed by atoms with Crippen LogP contribution in [0.25, 0.3) is 0 Å². The monoisotopic (exact) mass is 384 g/mol. The minimum Gasteiger partial charge on any atom is -0.507 e. The molecular formula is C22H24O2S2. The Labute approximate surface area is 163 Å². The van der Waals surface area contributed by atoms with E-state index in [0.29, 0.717) is 5.75 Å². The Morgan fingerprint density at radius 1 is 1.00 bits per heavy atom. The number of thiophene rings is 1. The molecule has 2 nitrogen and oxygen atoms in total. The van der Waals surface area contributed by atoms with E-state index in [-0.39, 0.29) is 0 Å². The number of phenols is 1. The Balaban J connectivity index is 0.000000254. The summed E-state index contributed by atoms with van der Waals surface area (Å²) in [4.78, 5) is 13.9. The molecule has 3 rings (SSSR count). The minimum atomic E-state index is 0.387. The molecule has 0 aliphatic heterocycles. The molecule has 0 saturated heterocycles. The van der Waals surface area contributed by atoms with Crippen molar-refractivity contribution in [2.45, 2.75) is 31.6 Å². The third-order valence-electron chi connectivity index (χ3n) is 3.99. The highest BCUT2D eigenvalue weighted by Crippen LogP contribution is 2.24. The van der Waals surface area contributed by atoms with Crippen LogP contribution in [-0.4, -0.2) is 17.6 Å². The van der Waals surface area contributed by atoms with E-state index < -0.39 is 0 Å². The summed E-state index contributed by atoms with van der Waals surface area (Å²) in [6.07, 6.45) is 4.83. The number of aromatic hydroxyl groups is 1. The normalized spacial score (nSPS) is 10.1. The van der Waals surface area contributed by atoms with Gasteiger partial charge in [-0.1, -0.05) is 30.3 Å². The van der Waals surface area contributed by atoms with Crippen LogP contribution in [0.3, 0.4) is 0 Å². The summed E-state index contributed by atoms with van der Waals surface area (Å²) < 4.78 is 0. The van der Waals surface area contributed by atoms with Gasteiger partial charge in [-0.2, -0.15) is 0 Å². The number of rotatable bonds is 5. The summed E-state index contributed by atoms with van der Waals surface area (Å²) >= 11 is 3.32. The molecule has 0 fully saturated rings. The third kappa shape index (κ3) is 6.04. The lowest BCUT2D eigenvalue weighted by Gasteiger charge is -2.07. The molecule has 0 unspecified atom stereocenters. The van der Waals surface area contributed by atoms with Crippen molar-refractivity contribution in [1.82, 2.24) is 0 Å². The van der Waals surface area contributed by atoms with E-state index in [9.17, 15) is 9.90 Å². The highest BCUT2D eigenvalue weighted by molar-refractivity contribution is 7.98. The topological polar surface area (TPSA) is 37.3 Å². The van der Waals surface area contributed by atoms with Gasteiger partial charge in [0.15, 0.2) is 6.29 Å². The zero-order valence-electron chi connectivity index (χ0n) is 15.4. The average molecular weight is 385 g/mol. The highest BCUT2D eigenvalue weighted by Gasteiger charge is 2.05. The molecule has 0 aliphatic carbocycles. The van der Waals surface area contributed by atoms with Gasteiger partial charge in [0.2, 0.25) is 0 Å². The van der Waals surface area contributed by atoms with E-state index in [4.69, 9.17) is 0 Å². The molecule has 1 N–H and O–H groups in total. The first kappa shape index (κ1) is 20.3. The molecule has 0 amide bonds. The fraction of sp³-hybridized carbons (Fsp3) is 0.227. The molecular weight excluding hydrogens is 360 g/mol. The van der Waals surface area contributed by atoms with Crippen LogP contribution in [0.5, 0.6) is 5.75 Å². The molecule has 136 valence electrons. The molecule has 0 radical (unpaired) electrons. The third-order valence-corrected chi connectivity index (χ3v) is 5.80. The average Bonchev–Trinajstić information content (AvgIpc) is 3.13. The Bertz CT molecular complexity index is 815. The van der Waals surface area contributed by atoms with E-state index in [2.05, 4.69) is 18.4 Å². The van der Waals surface area contributed by atoms with Crippen LogP contribution >= 0.6 is 23.1 Å². The van der Waals surface area contributed by atoms with Crippen molar-refractivity contribution in [3.05, 3.63) is 81.0 Å². The van der Waals surface area contributed by atoms with E-state index in [0.717, 1.165) is 35.1 Å². The second-order valence-corrected chi connectivity index (χ2v) is 8.10. The summed E-state index contributed by atoms with van der Waals surface area (Å²) in [5.74, 6) is 0.387. The van der Waals surface area contributed by atoms with E-state index in [1.165, 1.54) is 15.3 Å². The van der Waals surface area contributed by atoms with Crippen molar-refractivity contribution in [1.29, 1.82) is 0 Å². The summed E-state index contributed by atoms with van der Waals surface area (Å²) in [7, 11) is 0. The Morgan fingerprint density at radius 2 is 1.65 bits per heavy atom. The fourth-order valence-corrected chi connectivity index (χ4v) is 3.86. The molecule has 0 spiro atoms. The number of hydrogen-bond donors (Lipinski definition) is 1. The molecule has 4 heteroatoms. The van der Waals surface area contributed by atoms with Crippen LogP contribution < -0.4 is 0 Å². The number of hydrogen-bond acceptors (Lipinski definition) is 4. The van der Waals surface area contributed by atoms with Gasteiger partial charge in [-0.05, 0) is 73.9 Å². The second-order valence-electron chi connectivity index (χ2n) is 6.02. The predicted octanol–water partition coefficient (Wildman–Crippen LogP) is 6.08.